The quantitative estimate of drug-likeness (QED) is 0.707. The molecule has 0 spiro atoms. The second-order valence-electron chi connectivity index (χ2n) is 5.33. The van der Waals surface area contributed by atoms with Crippen molar-refractivity contribution in [3.8, 4) is 11.6 Å². The molecule has 2 heterocycles. The van der Waals surface area contributed by atoms with Crippen LogP contribution in [0.15, 0.2) is 60.7 Å². The SMILES string of the molecule is O=C1c2cc(Cl)nnc2Oc2ccccc2N1Cc1ccccc1. The second-order valence-corrected chi connectivity index (χ2v) is 5.72. The van der Waals surface area contributed by atoms with Crippen LogP contribution in [0.5, 0.6) is 11.6 Å². The lowest BCUT2D eigenvalue weighted by Gasteiger charge is -2.22. The van der Waals surface area contributed by atoms with E-state index in [1.165, 1.54) is 6.07 Å². The maximum absolute atomic E-state index is 13.1. The number of amides is 1. The van der Waals surface area contributed by atoms with E-state index >= 15 is 0 Å². The first-order chi connectivity index (χ1) is 11.7. The molecule has 0 unspecified atom stereocenters. The Morgan fingerprint density at radius 3 is 2.58 bits per heavy atom. The van der Waals surface area contributed by atoms with Gasteiger partial charge in [0.1, 0.15) is 5.56 Å². The smallest absolute Gasteiger partial charge is 0.264 e. The fourth-order valence-corrected chi connectivity index (χ4v) is 2.78. The van der Waals surface area contributed by atoms with Crippen LogP contribution < -0.4 is 9.64 Å². The van der Waals surface area contributed by atoms with Crippen molar-refractivity contribution in [1.82, 2.24) is 10.2 Å². The number of carbonyl (C=O) groups is 1. The third-order valence-electron chi connectivity index (χ3n) is 3.75. The van der Waals surface area contributed by atoms with Gasteiger partial charge in [-0.05, 0) is 23.8 Å². The molecule has 118 valence electrons. The molecule has 1 aliphatic heterocycles. The Labute approximate surface area is 143 Å². The summed E-state index contributed by atoms with van der Waals surface area (Å²) in [5, 5.41) is 7.84. The number of aromatic nitrogens is 2. The van der Waals surface area contributed by atoms with E-state index < -0.39 is 0 Å². The molecule has 0 fully saturated rings. The van der Waals surface area contributed by atoms with Gasteiger partial charge in [-0.2, -0.15) is 0 Å². The zero-order valence-corrected chi connectivity index (χ0v) is 13.3. The largest absolute Gasteiger partial charge is 0.435 e. The number of anilines is 1. The van der Waals surface area contributed by atoms with Gasteiger partial charge in [-0.15, -0.1) is 10.2 Å². The van der Waals surface area contributed by atoms with Gasteiger partial charge in [0.05, 0.1) is 12.2 Å². The summed E-state index contributed by atoms with van der Waals surface area (Å²) in [4.78, 5) is 14.7. The van der Waals surface area contributed by atoms with Crippen molar-refractivity contribution in [3.05, 3.63) is 76.9 Å². The first-order valence-electron chi connectivity index (χ1n) is 7.38. The number of para-hydroxylation sites is 2. The molecule has 0 N–H and O–H groups in total. The van der Waals surface area contributed by atoms with Crippen molar-refractivity contribution in [2.75, 3.05) is 4.90 Å². The standard InChI is InChI=1S/C18H12ClN3O2/c19-16-10-13-17(21-20-16)24-15-9-5-4-8-14(15)22(18(13)23)11-12-6-2-1-3-7-12/h1-10H,11H2. The molecule has 1 amide bonds. The molecule has 2 aromatic carbocycles. The summed E-state index contributed by atoms with van der Waals surface area (Å²) in [6, 6.07) is 18.6. The Hall–Kier alpha value is -2.92. The number of ether oxygens (including phenoxy) is 1. The van der Waals surface area contributed by atoms with Crippen LogP contribution in [0.2, 0.25) is 5.15 Å². The van der Waals surface area contributed by atoms with Gasteiger partial charge < -0.3 is 9.64 Å². The molecule has 24 heavy (non-hydrogen) atoms. The molecule has 0 radical (unpaired) electrons. The Balaban J connectivity index is 1.85. The van der Waals surface area contributed by atoms with E-state index in [0.29, 0.717) is 23.5 Å². The second kappa shape index (κ2) is 5.94. The number of hydrogen-bond donors (Lipinski definition) is 0. The number of nitrogens with zero attached hydrogens (tertiary/aromatic N) is 3. The van der Waals surface area contributed by atoms with Gasteiger partial charge in [-0.25, -0.2) is 0 Å². The van der Waals surface area contributed by atoms with Crippen molar-refractivity contribution >= 4 is 23.2 Å². The molecular weight excluding hydrogens is 326 g/mol. The normalized spacial score (nSPS) is 12.9. The average Bonchev–Trinajstić information content (AvgIpc) is 2.72. The molecule has 1 aliphatic rings. The Bertz CT molecular complexity index is 915. The molecule has 3 aromatic rings. The topological polar surface area (TPSA) is 55.3 Å². The van der Waals surface area contributed by atoms with Crippen molar-refractivity contribution < 1.29 is 9.53 Å². The molecule has 1 aromatic heterocycles. The molecule has 0 bridgehead atoms. The first-order valence-corrected chi connectivity index (χ1v) is 7.76. The predicted octanol–water partition coefficient (Wildman–Crippen LogP) is 4.08. The minimum absolute atomic E-state index is 0.149. The van der Waals surface area contributed by atoms with Gasteiger partial charge in [0.2, 0.25) is 0 Å². The summed E-state index contributed by atoms with van der Waals surface area (Å²) in [6.07, 6.45) is 0. The molecule has 0 aliphatic carbocycles. The Morgan fingerprint density at radius 1 is 1.00 bits per heavy atom. The van der Waals surface area contributed by atoms with Gasteiger partial charge in [0.15, 0.2) is 10.9 Å². The van der Waals surface area contributed by atoms with Gasteiger partial charge in [-0.1, -0.05) is 54.1 Å². The van der Waals surface area contributed by atoms with Crippen LogP contribution >= 0.6 is 11.6 Å². The third-order valence-corrected chi connectivity index (χ3v) is 3.94. The minimum atomic E-state index is -0.226. The van der Waals surface area contributed by atoms with E-state index in [-0.39, 0.29) is 16.9 Å². The summed E-state index contributed by atoms with van der Waals surface area (Å²) in [7, 11) is 0. The highest BCUT2D eigenvalue weighted by molar-refractivity contribution is 6.29. The van der Waals surface area contributed by atoms with Crippen molar-refractivity contribution in [1.29, 1.82) is 0 Å². The number of fused-ring (bicyclic) bond motifs is 2. The van der Waals surface area contributed by atoms with Gasteiger partial charge in [0.25, 0.3) is 11.8 Å². The van der Waals surface area contributed by atoms with Crippen LogP contribution in [0.1, 0.15) is 15.9 Å². The highest BCUT2D eigenvalue weighted by Crippen LogP contribution is 2.38. The van der Waals surface area contributed by atoms with Crippen LogP contribution in [0.4, 0.5) is 5.69 Å². The average molecular weight is 338 g/mol. The maximum atomic E-state index is 13.1. The lowest BCUT2D eigenvalue weighted by atomic mass is 10.1. The highest BCUT2D eigenvalue weighted by atomic mass is 35.5. The number of hydrogen-bond acceptors (Lipinski definition) is 4. The maximum Gasteiger partial charge on any atom is 0.264 e. The summed E-state index contributed by atoms with van der Waals surface area (Å²) in [6.45, 7) is 0.416. The number of rotatable bonds is 2. The fourth-order valence-electron chi connectivity index (χ4n) is 2.63. The van der Waals surface area contributed by atoms with Crippen LogP contribution in [0.25, 0.3) is 0 Å². The Morgan fingerprint density at radius 2 is 1.75 bits per heavy atom. The van der Waals surface area contributed by atoms with Gasteiger partial charge >= 0.3 is 0 Å². The third kappa shape index (κ3) is 2.59. The molecule has 0 saturated heterocycles. The summed E-state index contributed by atoms with van der Waals surface area (Å²) < 4.78 is 5.80. The fraction of sp³-hybridized carbons (Fsp3) is 0.0556. The lowest BCUT2D eigenvalue weighted by Crippen LogP contribution is -2.29. The molecule has 4 rings (SSSR count). The minimum Gasteiger partial charge on any atom is -0.435 e. The monoisotopic (exact) mass is 337 g/mol. The van der Waals surface area contributed by atoms with E-state index in [4.69, 9.17) is 16.3 Å². The van der Waals surface area contributed by atoms with E-state index in [1.54, 1.807) is 11.0 Å². The predicted molar refractivity (Wildman–Crippen MR) is 90.5 cm³/mol. The molecular formula is C18H12ClN3O2. The molecule has 0 saturated carbocycles. The van der Waals surface area contributed by atoms with Gasteiger partial charge in [0, 0.05) is 0 Å². The zero-order valence-electron chi connectivity index (χ0n) is 12.5. The van der Waals surface area contributed by atoms with E-state index in [1.807, 2.05) is 48.5 Å². The lowest BCUT2D eigenvalue weighted by molar-refractivity contribution is 0.0984. The van der Waals surface area contributed by atoms with Crippen molar-refractivity contribution in [3.63, 3.8) is 0 Å². The number of halogens is 1. The zero-order chi connectivity index (χ0) is 16.5. The Kier molecular flexibility index (Phi) is 3.63. The molecule has 5 nitrogen and oxygen atoms in total. The van der Waals surface area contributed by atoms with E-state index in [0.717, 1.165) is 5.56 Å². The van der Waals surface area contributed by atoms with Crippen LogP contribution in [-0.4, -0.2) is 16.1 Å². The van der Waals surface area contributed by atoms with Gasteiger partial charge in [-0.3, -0.25) is 4.79 Å². The van der Waals surface area contributed by atoms with Crippen molar-refractivity contribution in [2.45, 2.75) is 6.54 Å². The number of benzene rings is 2. The van der Waals surface area contributed by atoms with Crippen molar-refractivity contribution in [2.24, 2.45) is 0 Å². The van der Waals surface area contributed by atoms with Crippen LogP contribution in [0, 0.1) is 0 Å². The summed E-state index contributed by atoms with van der Waals surface area (Å²) in [5.74, 6) is 0.486. The van der Waals surface area contributed by atoms with Crippen LogP contribution in [0.3, 0.4) is 0 Å². The van der Waals surface area contributed by atoms with E-state index in [2.05, 4.69) is 10.2 Å². The summed E-state index contributed by atoms with van der Waals surface area (Å²) >= 11 is 5.91. The highest BCUT2D eigenvalue weighted by Gasteiger charge is 2.29. The van der Waals surface area contributed by atoms with Crippen LogP contribution in [-0.2, 0) is 6.54 Å². The van der Waals surface area contributed by atoms with E-state index in [9.17, 15) is 4.79 Å². The molecule has 0 atom stereocenters. The number of carbonyl (C=O) groups excluding carboxylic acids is 1. The first kappa shape index (κ1) is 14.7. The summed E-state index contributed by atoms with van der Waals surface area (Å²) in [5.41, 5.74) is 1.99. The molecule has 6 heteroatoms.